The first-order valence-electron chi connectivity index (χ1n) is 4.75. The molecule has 0 aliphatic carbocycles. The fourth-order valence-corrected chi connectivity index (χ4v) is 1.48. The summed E-state index contributed by atoms with van der Waals surface area (Å²) in [5.74, 6) is 1.53. The zero-order valence-electron chi connectivity index (χ0n) is 8.79. The lowest BCUT2D eigenvalue weighted by molar-refractivity contribution is 0.913. The fraction of sp³-hybridized carbons (Fsp3) is 0.200. The Hall–Kier alpha value is -1.69. The highest BCUT2D eigenvalue weighted by Gasteiger charge is 1.98. The van der Waals surface area contributed by atoms with Gasteiger partial charge in [0.1, 0.15) is 11.6 Å². The summed E-state index contributed by atoms with van der Waals surface area (Å²) < 4.78 is 0. The van der Waals surface area contributed by atoms with Crippen LogP contribution in [0, 0.1) is 0 Å². The molecule has 0 radical (unpaired) electrons. The van der Waals surface area contributed by atoms with Crippen LogP contribution in [0.25, 0.3) is 0 Å². The molecule has 2 heterocycles. The van der Waals surface area contributed by atoms with Crippen molar-refractivity contribution < 1.29 is 0 Å². The fourth-order valence-electron chi connectivity index (χ4n) is 1.13. The van der Waals surface area contributed by atoms with Gasteiger partial charge >= 0.3 is 0 Å². The third-order valence-corrected chi connectivity index (χ3v) is 2.42. The van der Waals surface area contributed by atoms with E-state index in [4.69, 9.17) is 0 Å². The molecule has 1 N–H and O–H groups in total. The zero-order chi connectivity index (χ0) is 11.2. The average Bonchev–Trinajstić information content (AvgIpc) is 2.38. The van der Waals surface area contributed by atoms with Crippen LogP contribution in [0.3, 0.4) is 0 Å². The Balaban J connectivity index is 1.99. The minimum atomic E-state index is 0.561. The number of hydrogen-bond donors (Lipinski definition) is 1. The predicted molar refractivity (Wildman–Crippen MR) is 63.2 cm³/mol. The highest BCUT2D eigenvalue weighted by Crippen LogP contribution is 2.10. The molecule has 0 saturated heterocycles. The summed E-state index contributed by atoms with van der Waals surface area (Å²) in [4.78, 5) is 16.6. The summed E-state index contributed by atoms with van der Waals surface area (Å²) in [6.07, 6.45) is 7.11. The number of nitrogens with zero attached hydrogens (tertiary/aromatic N) is 4. The van der Waals surface area contributed by atoms with E-state index >= 15 is 0 Å². The summed E-state index contributed by atoms with van der Waals surface area (Å²) in [5, 5.41) is 3.90. The van der Waals surface area contributed by atoms with Gasteiger partial charge in [0.15, 0.2) is 5.16 Å². The lowest BCUT2D eigenvalue weighted by Gasteiger charge is -2.04. The van der Waals surface area contributed by atoms with Crippen molar-refractivity contribution in [1.29, 1.82) is 0 Å². The molecular weight excluding hydrogens is 222 g/mol. The van der Waals surface area contributed by atoms with Crippen molar-refractivity contribution in [2.45, 2.75) is 11.7 Å². The predicted octanol–water partition coefficient (Wildman–Crippen LogP) is 1.60. The standard InChI is InChI=1S/C10H11N5S/c1-16-10-13-6-3-8(15-10)14-7-9-11-4-2-5-12-9/h2-6H,7H2,1H3,(H,13,14,15). The minimum absolute atomic E-state index is 0.561. The van der Waals surface area contributed by atoms with Crippen molar-refractivity contribution in [3.63, 3.8) is 0 Å². The van der Waals surface area contributed by atoms with Crippen molar-refractivity contribution >= 4 is 17.6 Å². The van der Waals surface area contributed by atoms with Crippen LogP contribution in [0.1, 0.15) is 5.82 Å². The van der Waals surface area contributed by atoms with E-state index in [2.05, 4.69) is 25.3 Å². The van der Waals surface area contributed by atoms with Crippen LogP contribution >= 0.6 is 11.8 Å². The molecule has 0 aliphatic heterocycles. The van der Waals surface area contributed by atoms with Gasteiger partial charge in [-0.1, -0.05) is 11.8 Å². The minimum Gasteiger partial charge on any atom is -0.363 e. The molecule has 16 heavy (non-hydrogen) atoms. The molecule has 0 spiro atoms. The van der Waals surface area contributed by atoms with Crippen LogP contribution in [0.4, 0.5) is 5.82 Å². The van der Waals surface area contributed by atoms with E-state index in [1.54, 1.807) is 24.7 Å². The largest absolute Gasteiger partial charge is 0.363 e. The Labute approximate surface area is 97.8 Å². The van der Waals surface area contributed by atoms with E-state index in [0.717, 1.165) is 16.8 Å². The lowest BCUT2D eigenvalue weighted by Crippen LogP contribution is -2.05. The number of thioether (sulfide) groups is 1. The molecule has 6 heteroatoms. The molecule has 5 nitrogen and oxygen atoms in total. The number of rotatable bonds is 4. The number of anilines is 1. The molecule has 0 amide bonds. The third-order valence-electron chi connectivity index (χ3n) is 1.86. The summed E-state index contributed by atoms with van der Waals surface area (Å²) in [7, 11) is 0. The maximum atomic E-state index is 4.29. The van der Waals surface area contributed by atoms with Gasteiger partial charge < -0.3 is 5.32 Å². The van der Waals surface area contributed by atoms with Crippen LogP contribution in [0.2, 0.25) is 0 Å². The second kappa shape index (κ2) is 5.41. The summed E-state index contributed by atoms with van der Waals surface area (Å²) >= 11 is 1.51. The Morgan fingerprint density at radius 3 is 2.75 bits per heavy atom. The number of hydrogen-bond acceptors (Lipinski definition) is 6. The van der Waals surface area contributed by atoms with Gasteiger partial charge in [-0.05, 0) is 18.4 Å². The van der Waals surface area contributed by atoms with Crippen LogP contribution in [-0.4, -0.2) is 26.2 Å². The second-order valence-electron chi connectivity index (χ2n) is 2.95. The van der Waals surface area contributed by atoms with Gasteiger partial charge in [0, 0.05) is 18.6 Å². The molecule has 0 aliphatic rings. The third kappa shape index (κ3) is 2.90. The van der Waals surface area contributed by atoms with Gasteiger partial charge in [-0.15, -0.1) is 0 Å². The Morgan fingerprint density at radius 1 is 1.19 bits per heavy atom. The van der Waals surface area contributed by atoms with Gasteiger partial charge in [0.05, 0.1) is 6.54 Å². The smallest absolute Gasteiger partial charge is 0.189 e. The molecule has 0 fully saturated rings. The summed E-state index contributed by atoms with van der Waals surface area (Å²) in [5.41, 5.74) is 0. The molecule has 0 saturated carbocycles. The first kappa shape index (κ1) is 10.8. The molecule has 0 aromatic carbocycles. The number of nitrogens with one attached hydrogen (secondary N) is 1. The van der Waals surface area contributed by atoms with Crippen molar-refractivity contribution in [3.05, 3.63) is 36.5 Å². The van der Waals surface area contributed by atoms with Crippen LogP contribution < -0.4 is 5.32 Å². The molecule has 0 bridgehead atoms. The molecule has 2 aromatic rings. The topological polar surface area (TPSA) is 63.6 Å². The Morgan fingerprint density at radius 2 is 2.00 bits per heavy atom. The maximum absolute atomic E-state index is 4.29. The van der Waals surface area contributed by atoms with E-state index in [-0.39, 0.29) is 0 Å². The zero-order valence-corrected chi connectivity index (χ0v) is 9.61. The van der Waals surface area contributed by atoms with Gasteiger partial charge in [-0.2, -0.15) is 0 Å². The van der Waals surface area contributed by atoms with E-state index in [0.29, 0.717) is 6.54 Å². The number of aromatic nitrogens is 4. The monoisotopic (exact) mass is 233 g/mol. The molecule has 0 unspecified atom stereocenters. The first-order valence-corrected chi connectivity index (χ1v) is 5.98. The highest BCUT2D eigenvalue weighted by atomic mass is 32.2. The maximum Gasteiger partial charge on any atom is 0.189 e. The van der Waals surface area contributed by atoms with Crippen LogP contribution in [-0.2, 0) is 6.54 Å². The summed E-state index contributed by atoms with van der Waals surface area (Å²) in [6.45, 7) is 0.561. The molecule has 2 aromatic heterocycles. The van der Waals surface area contributed by atoms with Gasteiger partial charge in [0.2, 0.25) is 0 Å². The van der Waals surface area contributed by atoms with E-state index in [9.17, 15) is 0 Å². The lowest BCUT2D eigenvalue weighted by atomic mass is 10.5. The Bertz CT molecular complexity index is 448. The molecule has 2 rings (SSSR count). The van der Waals surface area contributed by atoms with E-state index in [1.807, 2.05) is 12.3 Å². The van der Waals surface area contributed by atoms with Crippen molar-refractivity contribution in [2.24, 2.45) is 0 Å². The SMILES string of the molecule is CSc1nccc(NCc2ncccn2)n1. The second-order valence-corrected chi connectivity index (χ2v) is 3.72. The van der Waals surface area contributed by atoms with Crippen molar-refractivity contribution in [3.8, 4) is 0 Å². The van der Waals surface area contributed by atoms with Crippen LogP contribution in [0.5, 0.6) is 0 Å². The highest BCUT2D eigenvalue weighted by molar-refractivity contribution is 7.98. The van der Waals surface area contributed by atoms with E-state index < -0.39 is 0 Å². The van der Waals surface area contributed by atoms with Crippen molar-refractivity contribution in [2.75, 3.05) is 11.6 Å². The average molecular weight is 233 g/mol. The van der Waals surface area contributed by atoms with Gasteiger partial charge in [-0.3, -0.25) is 0 Å². The first-order chi connectivity index (χ1) is 7.88. The summed E-state index contributed by atoms with van der Waals surface area (Å²) in [6, 6.07) is 3.61. The van der Waals surface area contributed by atoms with Gasteiger partial charge in [-0.25, -0.2) is 19.9 Å². The molecule has 82 valence electrons. The van der Waals surface area contributed by atoms with Crippen molar-refractivity contribution in [1.82, 2.24) is 19.9 Å². The van der Waals surface area contributed by atoms with Crippen LogP contribution in [0.15, 0.2) is 35.9 Å². The Kier molecular flexibility index (Phi) is 3.66. The molecule has 0 atom stereocenters. The quantitative estimate of drug-likeness (QED) is 0.639. The molecular formula is C10H11N5S. The normalized spacial score (nSPS) is 10.1. The van der Waals surface area contributed by atoms with E-state index in [1.165, 1.54) is 11.8 Å². The van der Waals surface area contributed by atoms with Gasteiger partial charge in [0.25, 0.3) is 0 Å².